The summed E-state index contributed by atoms with van der Waals surface area (Å²) in [5.41, 5.74) is 2.51. The number of nitrogens with zero attached hydrogens (tertiary/aromatic N) is 1. The van der Waals surface area contributed by atoms with E-state index in [0.29, 0.717) is 12.0 Å². The summed E-state index contributed by atoms with van der Waals surface area (Å²) in [7, 11) is 0. The Bertz CT molecular complexity index is 344. The lowest BCUT2D eigenvalue weighted by Gasteiger charge is -2.35. The van der Waals surface area contributed by atoms with E-state index in [1.54, 1.807) is 0 Å². The second-order valence-corrected chi connectivity index (χ2v) is 5.73. The standard InChI is InChI=1S/C16H26N2/c1-13(2)12-15(14(3)18-10-5-11-18)6-4-7-16-8-9-17-16/h4,6,12-13,16-17H,3,5,7-11H2,1-2H3/b6-4-,15-12+. The summed E-state index contributed by atoms with van der Waals surface area (Å²) in [6, 6.07) is 0.707. The Kier molecular flexibility index (Phi) is 4.65. The monoisotopic (exact) mass is 246 g/mol. The highest BCUT2D eigenvalue weighted by atomic mass is 15.2. The number of rotatable bonds is 6. The fourth-order valence-corrected chi connectivity index (χ4v) is 2.28. The molecule has 2 aliphatic heterocycles. The Morgan fingerprint density at radius 2 is 2.17 bits per heavy atom. The molecule has 0 spiro atoms. The Labute approximate surface area is 111 Å². The number of allylic oxidation sites excluding steroid dienone is 2. The van der Waals surface area contributed by atoms with E-state index < -0.39 is 0 Å². The minimum absolute atomic E-state index is 0.574. The first-order valence-electron chi connectivity index (χ1n) is 7.23. The fraction of sp³-hybridized carbons (Fsp3) is 0.625. The lowest BCUT2D eigenvalue weighted by atomic mass is 10.0. The second kappa shape index (κ2) is 6.24. The van der Waals surface area contributed by atoms with Gasteiger partial charge in [-0.2, -0.15) is 0 Å². The molecule has 100 valence electrons. The van der Waals surface area contributed by atoms with Gasteiger partial charge < -0.3 is 10.2 Å². The lowest BCUT2D eigenvalue weighted by molar-refractivity contribution is 0.245. The lowest BCUT2D eigenvalue weighted by Crippen LogP contribution is -2.42. The molecule has 1 unspecified atom stereocenters. The van der Waals surface area contributed by atoms with Crippen molar-refractivity contribution in [1.82, 2.24) is 10.2 Å². The van der Waals surface area contributed by atoms with Gasteiger partial charge in [-0.1, -0.05) is 38.7 Å². The number of hydrogen-bond acceptors (Lipinski definition) is 2. The van der Waals surface area contributed by atoms with Gasteiger partial charge in [-0.15, -0.1) is 0 Å². The van der Waals surface area contributed by atoms with E-state index in [-0.39, 0.29) is 0 Å². The molecule has 0 aromatic heterocycles. The van der Waals surface area contributed by atoms with Crippen molar-refractivity contribution in [3.8, 4) is 0 Å². The van der Waals surface area contributed by atoms with Gasteiger partial charge in [-0.05, 0) is 37.3 Å². The van der Waals surface area contributed by atoms with Gasteiger partial charge in [0.1, 0.15) is 0 Å². The van der Waals surface area contributed by atoms with Crippen LogP contribution in [0, 0.1) is 5.92 Å². The van der Waals surface area contributed by atoms with Gasteiger partial charge in [0, 0.05) is 24.8 Å². The molecule has 0 amide bonds. The van der Waals surface area contributed by atoms with E-state index in [2.05, 4.69) is 48.9 Å². The van der Waals surface area contributed by atoms with E-state index in [1.807, 2.05) is 0 Å². The summed E-state index contributed by atoms with van der Waals surface area (Å²) in [6.45, 7) is 12.2. The number of hydrogen-bond donors (Lipinski definition) is 1. The van der Waals surface area contributed by atoms with Crippen molar-refractivity contribution in [2.24, 2.45) is 5.92 Å². The van der Waals surface area contributed by atoms with Crippen LogP contribution in [0.5, 0.6) is 0 Å². The molecule has 18 heavy (non-hydrogen) atoms. The second-order valence-electron chi connectivity index (χ2n) is 5.73. The highest BCUT2D eigenvalue weighted by Crippen LogP contribution is 2.22. The maximum atomic E-state index is 4.25. The van der Waals surface area contributed by atoms with Crippen LogP contribution in [0.3, 0.4) is 0 Å². The largest absolute Gasteiger partial charge is 0.371 e. The van der Waals surface area contributed by atoms with E-state index >= 15 is 0 Å². The third kappa shape index (κ3) is 3.49. The predicted molar refractivity (Wildman–Crippen MR) is 78.4 cm³/mol. The fourth-order valence-electron chi connectivity index (χ4n) is 2.28. The molecule has 0 aromatic carbocycles. The minimum atomic E-state index is 0.574. The zero-order valence-corrected chi connectivity index (χ0v) is 11.8. The van der Waals surface area contributed by atoms with Crippen molar-refractivity contribution in [2.45, 2.75) is 39.2 Å². The molecular weight excluding hydrogens is 220 g/mol. The van der Waals surface area contributed by atoms with Gasteiger partial charge in [0.25, 0.3) is 0 Å². The highest BCUT2D eigenvalue weighted by Gasteiger charge is 2.17. The maximum Gasteiger partial charge on any atom is 0.0363 e. The third-order valence-corrected chi connectivity index (χ3v) is 3.73. The van der Waals surface area contributed by atoms with Gasteiger partial charge in [-0.3, -0.25) is 0 Å². The molecule has 2 nitrogen and oxygen atoms in total. The third-order valence-electron chi connectivity index (χ3n) is 3.73. The molecule has 2 saturated heterocycles. The Morgan fingerprint density at radius 1 is 1.44 bits per heavy atom. The van der Waals surface area contributed by atoms with Crippen molar-refractivity contribution in [3.05, 3.63) is 36.1 Å². The van der Waals surface area contributed by atoms with E-state index in [1.165, 1.54) is 43.7 Å². The van der Waals surface area contributed by atoms with E-state index in [4.69, 9.17) is 0 Å². The summed E-state index contributed by atoms with van der Waals surface area (Å²) in [5, 5.41) is 3.43. The average molecular weight is 246 g/mol. The zero-order chi connectivity index (χ0) is 13.0. The van der Waals surface area contributed by atoms with Gasteiger partial charge in [0.2, 0.25) is 0 Å². The molecule has 0 aliphatic carbocycles. The molecule has 2 fully saturated rings. The first-order valence-corrected chi connectivity index (χ1v) is 7.23. The molecule has 0 saturated carbocycles. The molecule has 2 heteroatoms. The summed E-state index contributed by atoms with van der Waals surface area (Å²) >= 11 is 0. The van der Waals surface area contributed by atoms with E-state index in [0.717, 1.165) is 6.42 Å². The van der Waals surface area contributed by atoms with Crippen LogP contribution in [-0.2, 0) is 0 Å². The first-order chi connectivity index (χ1) is 8.66. The summed E-state index contributed by atoms with van der Waals surface area (Å²) in [6.07, 6.45) is 10.7. The average Bonchev–Trinajstić information content (AvgIpc) is 2.16. The predicted octanol–water partition coefficient (Wildman–Crippen LogP) is 3.10. The normalized spacial score (nSPS) is 24.3. The Hall–Kier alpha value is -1.02. The molecule has 1 N–H and O–H groups in total. The van der Waals surface area contributed by atoms with Gasteiger partial charge in [0.05, 0.1) is 0 Å². The quantitative estimate of drug-likeness (QED) is 0.725. The Morgan fingerprint density at radius 3 is 2.61 bits per heavy atom. The summed E-state index contributed by atoms with van der Waals surface area (Å²) in [5.74, 6) is 0.574. The van der Waals surface area contributed by atoms with Crippen LogP contribution in [0.15, 0.2) is 36.1 Å². The highest BCUT2D eigenvalue weighted by molar-refractivity contribution is 5.38. The maximum absolute atomic E-state index is 4.25. The molecule has 2 aliphatic rings. The number of nitrogens with one attached hydrogen (secondary N) is 1. The molecule has 0 bridgehead atoms. The van der Waals surface area contributed by atoms with Crippen LogP contribution in [0.2, 0.25) is 0 Å². The first kappa shape index (κ1) is 13.4. The molecular formula is C16H26N2. The topological polar surface area (TPSA) is 15.3 Å². The van der Waals surface area contributed by atoms with Gasteiger partial charge in [-0.25, -0.2) is 0 Å². The van der Waals surface area contributed by atoms with Crippen LogP contribution in [0.1, 0.15) is 33.1 Å². The van der Waals surface area contributed by atoms with Crippen molar-refractivity contribution >= 4 is 0 Å². The number of likely N-dealkylation sites (tertiary alicyclic amines) is 1. The van der Waals surface area contributed by atoms with Crippen LogP contribution in [-0.4, -0.2) is 30.6 Å². The van der Waals surface area contributed by atoms with Crippen molar-refractivity contribution in [2.75, 3.05) is 19.6 Å². The molecule has 2 rings (SSSR count). The van der Waals surface area contributed by atoms with Crippen LogP contribution in [0.4, 0.5) is 0 Å². The van der Waals surface area contributed by atoms with Gasteiger partial charge >= 0.3 is 0 Å². The van der Waals surface area contributed by atoms with Crippen LogP contribution < -0.4 is 5.32 Å². The van der Waals surface area contributed by atoms with Crippen molar-refractivity contribution < 1.29 is 0 Å². The molecule has 2 heterocycles. The van der Waals surface area contributed by atoms with Crippen molar-refractivity contribution in [1.29, 1.82) is 0 Å². The Balaban J connectivity index is 1.93. The molecule has 0 radical (unpaired) electrons. The van der Waals surface area contributed by atoms with Gasteiger partial charge in [0.15, 0.2) is 0 Å². The molecule has 1 atom stereocenters. The molecule has 0 aromatic rings. The van der Waals surface area contributed by atoms with Crippen molar-refractivity contribution in [3.63, 3.8) is 0 Å². The minimum Gasteiger partial charge on any atom is -0.371 e. The summed E-state index contributed by atoms with van der Waals surface area (Å²) in [4.78, 5) is 2.38. The smallest absolute Gasteiger partial charge is 0.0363 e. The van der Waals surface area contributed by atoms with E-state index in [9.17, 15) is 0 Å². The SMILES string of the molecule is C=C(C(/C=C\CC1CCN1)=C/C(C)C)N1CCC1. The zero-order valence-electron chi connectivity index (χ0n) is 11.8. The van der Waals surface area contributed by atoms with Crippen LogP contribution >= 0.6 is 0 Å². The van der Waals surface area contributed by atoms with Crippen LogP contribution in [0.25, 0.3) is 0 Å². The summed E-state index contributed by atoms with van der Waals surface area (Å²) < 4.78 is 0.